The van der Waals surface area contributed by atoms with Gasteiger partial charge in [-0.1, -0.05) is 66.7 Å². The lowest BCUT2D eigenvalue weighted by atomic mass is 9.89. The molecule has 1 N–H and O–H groups in total. The molecule has 0 spiro atoms. The molecule has 1 aliphatic heterocycles. The molecular weight excluding hydrogens is 358 g/mol. The van der Waals surface area contributed by atoms with E-state index < -0.39 is 0 Å². The lowest BCUT2D eigenvalue weighted by molar-refractivity contribution is 0.0619. The van der Waals surface area contributed by atoms with Crippen molar-refractivity contribution in [3.8, 4) is 5.75 Å². The van der Waals surface area contributed by atoms with Crippen molar-refractivity contribution < 1.29 is 9.53 Å². The van der Waals surface area contributed by atoms with Crippen LogP contribution in [0.15, 0.2) is 78.9 Å². The molecule has 4 rings (SSSR count). The fraction of sp³-hybridized carbons (Fsp3) is 0.269. The molecule has 3 aromatic carbocycles. The Labute approximate surface area is 172 Å². The second-order valence-corrected chi connectivity index (χ2v) is 8.27. The summed E-state index contributed by atoms with van der Waals surface area (Å²) < 4.78 is 6.10. The number of ether oxygens (including phenoxy) is 1. The number of amides is 1. The summed E-state index contributed by atoms with van der Waals surface area (Å²) in [6.07, 6.45) is 2.49. The van der Waals surface area contributed by atoms with Crippen LogP contribution in [0, 0.1) is 0 Å². The SMILES string of the molecule is CC1(C)C[C@H](NC(=O)c2ccccc2CCc2ccccc2)c2ccccc2O1. The van der Waals surface area contributed by atoms with E-state index in [0.717, 1.165) is 41.7 Å². The number of aryl methyl sites for hydroxylation is 2. The van der Waals surface area contributed by atoms with Crippen LogP contribution in [0.25, 0.3) is 0 Å². The summed E-state index contributed by atoms with van der Waals surface area (Å²) in [6, 6.07) is 26.2. The van der Waals surface area contributed by atoms with Gasteiger partial charge in [0.15, 0.2) is 0 Å². The van der Waals surface area contributed by atoms with Crippen LogP contribution >= 0.6 is 0 Å². The molecule has 0 saturated heterocycles. The molecule has 1 amide bonds. The van der Waals surface area contributed by atoms with Gasteiger partial charge < -0.3 is 10.1 Å². The van der Waals surface area contributed by atoms with E-state index in [1.54, 1.807) is 0 Å². The molecule has 0 saturated carbocycles. The van der Waals surface area contributed by atoms with Crippen LogP contribution < -0.4 is 10.1 Å². The monoisotopic (exact) mass is 385 g/mol. The lowest BCUT2D eigenvalue weighted by Crippen LogP contribution is -2.41. The van der Waals surface area contributed by atoms with Crippen LogP contribution in [0.5, 0.6) is 5.75 Å². The molecule has 0 bridgehead atoms. The summed E-state index contributed by atoms with van der Waals surface area (Å²) in [6.45, 7) is 4.13. The summed E-state index contributed by atoms with van der Waals surface area (Å²) in [5, 5.41) is 3.27. The zero-order chi connectivity index (χ0) is 20.3. The maximum atomic E-state index is 13.2. The Hall–Kier alpha value is -3.07. The van der Waals surface area contributed by atoms with Gasteiger partial charge in [0.05, 0.1) is 6.04 Å². The second-order valence-electron chi connectivity index (χ2n) is 8.27. The Morgan fingerprint density at radius 2 is 1.62 bits per heavy atom. The molecule has 3 aromatic rings. The van der Waals surface area contributed by atoms with Gasteiger partial charge in [-0.2, -0.15) is 0 Å². The Morgan fingerprint density at radius 1 is 0.931 bits per heavy atom. The molecule has 1 aliphatic rings. The first-order valence-electron chi connectivity index (χ1n) is 10.2. The standard InChI is InChI=1S/C26H27NO2/c1-26(2)18-23(22-14-8-9-15-24(22)29-26)27-25(28)21-13-7-6-12-20(21)17-16-19-10-4-3-5-11-19/h3-15,23H,16-18H2,1-2H3,(H,27,28)/t23-/m0/s1. The van der Waals surface area contributed by atoms with E-state index in [2.05, 4.69) is 49.5 Å². The zero-order valence-corrected chi connectivity index (χ0v) is 17.0. The van der Waals surface area contributed by atoms with E-state index in [1.165, 1.54) is 5.56 Å². The predicted molar refractivity (Wildman–Crippen MR) is 116 cm³/mol. The van der Waals surface area contributed by atoms with Crippen LogP contribution in [0.2, 0.25) is 0 Å². The van der Waals surface area contributed by atoms with Gasteiger partial charge in [-0.3, -0.25) is 4.79 Å². The third-order valence-electron chi connectivity index (χ3n) is 5.47. The van der Waals surface area contributed by atoms with Crippen molar-refractivity contribution in [3.63, 3.8) is 0 Å². The quantitative estimate of drug-likeness (QED) is 0.629. The number of rotatable bonds is 5. The number of carbonyl (C=O) groups excluding carboxylic acids is 1. The fourth-order valence-corrected chi connectivity index (χ4v) is 4.05. The largest absolute Gasteiger partial charge is 0.487 e. The molecule has 0 aliphatic carbocycles. The van der Waals surface area contributed by atoms with Crippen LogP contribution in [0.1, 0.15) is 53.4 Å². The van der Waals surface area contributed by atoms with Crippen molar-refractivity contribution in [1.29, 1.82) is 0 Å². The number of nitrogens with one attached hydrogen (secondary N) is 1. The highest BCUT2D eigenvalue weighted by Gasteiger charge is 2.34. The number of hydrogen-bond donors (Lipinski definition) is 1. The fourth-order valence-electron chi connectivity index (χ4n) is 4.05. The minimum Gasteiger partial charge on any atom is -0.487 e. The molecule has 3 heteroatoms. The molecule has 3 nitrogen and oxygen atoms in total. The van der Waals surface area contributed by atoms with Gasteiger partial charge in [-0.15, -0.1) is 0 Å². The second kappa shape index (κ2) is 8.12. The Balaban J connectivity index is 1.53. The van der Waals surface area contributed by atoms with Crippen molar-refractivity contribution in [3.05, 3.63) is 101 Å². The smallest absolute Gasteiger partial charge is 0.252 e. The zero-order valence-electron chi connectivity index (χ0n) is 17.0. The average Bonchev–Trinajstić information content (AvgIpc) is 2.72. The van der Waals surface area contributed by atoms with Crippen molar-refractivity contribution in [1.82, 2.24) is 5.32 Å². The Bertz CT molecular complexity index is 994. The number of fused-ring (bicyclic) bond motifs is 1. The molecule has 0 unspecified atom stereocenters. The normalized spacial score (nSPS) is 17.1. The van der Waals surface area contributed by atoms with Gasteiger partial charge in [0.25, 0.3) is 5.91 Å². The number of hydrogen-bond acceptors (Lipinski definition) is 2. The maximum absolute atomic E-state index is 13.2. The number of benzene rings is 3. The molecular formula is C26H27NO2. The number of para-hydroxylation sites is 1. The average molecular weight is 386 g/mol. The predicted octanol–water partition coefficient (Wildman–Crippen LogP) is 5.50. The lowest BCUT2D eigenvalue weighted by Gasteiger charge is -2.38. The van der Waals surface area contributed by atoms with Gasteiger partial charge in [0, 0.05) is 17.5 Å². The van der Waals surface area contributed by atoms with E-state index in [9.17, 15) is 4.79 Å². The molecule has 0 fully saturated rings. The summed E-state index contributed by atoms with van der Waals surface area (Å²) >= 11 is 0. The topological polar surface area (TPSA) is 38.3 Å². The highest BCUT2D eigenvalue weighted by Crippen LogP contribution is 2.39. The van der Waals surface area contributed by atoms with E-state index >= 15 is 0 Å². The minimum absolute atomic E-state index is 0.0221. The van der Waals surface area contributed by atoms with E-state index in [4.69, 9.17) is 4.74 Å². The van der Waals surface area contributed by atoms with Gasteiger partial charge in [0.1, 0.15) is 11.4 Å². The van der Waals surface area contributed by atoms with Crippen molar-refractivity contribution >= 4 is 5.91 Å². The minimum atomic E-state index is -0.320. The van der Waals surface area contributed by atoms with Gasteiger partial charge in [-0.25, -0.2) is 0 Å². The third-order valence-corrected chi connectivity index (χ3v) is 5.47. The van der Waals surface area contributed by atoms with Gasteiger partial charge >= 0.3 is 0 Å². The summed E-state index contributed by atoms with van der Waals surface area (Å²) in [5.41, 5.74) is 3.84. The molecule has 0 radical (unpaired) electrons. The molecule has 0 aromatic heterocycles. The summed E-state index contributed by atoms with van der Waals surface area (Å²) in [7, 11) is 0. The first kappa shape index (κ1) is 19.3. The highest BCUT2D eigenvalue weighted by atomic mass is 16.5. The third kappa shape index (κ3) is 4.51. The summed E-state index contributed by atoms with van der Waals surface area (Å²) in [4.78, 5) is 13.2. The van der Waals surface area contributed by atoms with Crippen molar-refractivity contribution in [2.24, 2.45) is 0 Å². The molecule has 29 heavy (non-hydrogen) atoms. The highest BCUT2D eigenvalue weighted by molar-refractivity contribution is 5.96. The Kier molecular flexibility index (Phi) is 5.39. The van der Waals surface area contributed by atoms with Gasteiger partial charge in [0.2, 0.25) is 0 Å². The van der Waals surface area contributed by atoms with Crippen LogP contribution in [0.3, 0.4) is 0 Å². The molecule has 1 atom stereocenters. The first-order chi connectivity index (χ1) is 14.0. The molecule has 1 heterocycles. The Morgan fingerprint density at radius 3 is 2.45 bits per heavy atom. The van der Waals surface area contributed by atoms with Crippen LogP contribution in [-0.4, -0.2) is 11.5 Å². The van der Waals surface area contributed by atoms with Gasteiger partial charge in [-0.05, 0) is 49.9 Å². The molecule has 148 valence electrons. The van der Waals surface area contributed by atoms with E-state index in [1.807, 2.05) is 48.5 Å². The van der Waals surface area contributed by atoms with Crippen LogP contribution in [0.4, 0.5) is 0 Å². The van der Waals surface area contributed by atoms with E-state index in [0.29, 0.717) is 0 Å². The first-order valence-corrected chi connectivity index (χ1v) is 10.2. The summed E-state index contributed by atoms with van der Waals surface area (Å²) in [5.74, 6) is 0.831. The maximum Gasteiger partial charge on any atom is 0.252 e. The van der Waals surface area contributed by atoms with Crippen LogP contribution in [-0.2, 0) is 12.8 Å². The van der Waals surface area contributed by atoms with Crippen molar-refractivity contribution in [2.45, 2.75) is 44.8 Å². The van der Waals surface area contributed by atoms with Crippen molar-refractivity contribution in [2.75, 3.05) is 0 Å². The van der Waals surface area contributed by atoms with E-state index in [-0.39, 0.29) is 17.6 Å². The number of carbonyl (C=O) groups is 1.